The van der Waals surface area contributed by atoms with Crippen molar-refractivity contribution in [2.75, 3.05) is 11.9 Å². The van der Waals surface area contributed by atoms with Crippen LogP contribution in [0, 0.1) is 17.7 Å². The van der Waals surface area contributed by atoms with Gasteiger partial charge >= 0.3 is 0 Å². The van der Waals surface area contributed by atoms with Crippen LogP contribution in [0.1, 0.15) is 11.1 Å². The van der Waals surface area contributed by atoms with Gasteiger partial charge in [0.15, 0.2) is 0 Å². The molecule has 0 saturated carbocycles. The third kappa shape index (κ3) is 4.16. The van der Waals surface area contributed by atoms with Crippen LogP contribution < -0.4 is 11.1 Å². The van der Waals surface area contributed by atoms with E-state index in [1.54, 1.807) is 36.4 Å². The number of carbonyl (C=O) groups excluding carboxylic acids is 1. The van der Waals surface area contributed by atoms with Crippen molar-refractivity contribution >= 4 is 11.6 Å². The van der Waals surface area contributed by atoms with Gasteiger partial charge in [0, 0.05) is 5.56 Å². The molecule has 0 aliphatic rings. The lowest BCUT2D eigenvalue weighted by Crippen LogP contribution is -2.16. The Bertz CT molecular complexity index is 701. The topological polar surface area (TPSA) is 55.1 Å². The van der Waals surface area contributed by atoms with Gasteiger partial charge in [-0.15, -0.1) is 0 Å². The van der Waals surface area contributed by atoms with Gasteiger partial charge < -0.3 is 11.1 Å². The van der Waals surface area contributed by atoms with E-state index in [9.17, 15) is 9.18 Å². The first kappa shape index (κ1) is 14.8. The van der Waals surface area contributed by atoms with Gasteiger partial charge in [-0.25, -0.2) is 4.39 Å². The van der Waals surface area contributed by atoms with E-state index in [0.717, 1.165) is 0 Å². The maximum absolute atomic E-state index is 13.5. The van der Waals surface area contributed by atoms with Crippen LogP contribution in [0.5, 0.6) is 0 Å². The number of amides is 1. The molecule has 0 aliphatic heterocycles. The Morgan fingerprint density at radius 1 is 1.14 bits per heavy atom. The van der Waals surface area contributed by atoms with Gasteiger partial charge in [0.1, 0.15) is 5.82 Å². The molecule has 0 atom stereocenters. The molecule has 2 aromatic carbocycles. The molecule has 1 amide bonds. The summed E-state index contributed by atoms with van der Waals surface area (Å²) in [6.45, 7) is 0.248. The van der Waals surface area contributed by atoms with Crippen molar-refractivity contribution < 1.29 is 9.18 Å². The molecule has 2 aromatic rings. The van der Waals surface area contributed by atoms with Crippen LogP contribution in [0.4, 0.5) is 10.1 Å². The van der Waals surface area contributed by atoms with Crippen LogP contribution >= 0.6 is 0 Å². The fourth-order valence-electron chi connectivity index (χ4n) is 1.86. The minimum Gasteiger partial charge on any atom is -0.325 e. The Balaban J connectivity index is 2.12. The summed E-state index contributed by atoms with van der Waals surface area (Å²) in [7, 11) is 0. The quantitative estimate of drug-likeness (QED) is 0.849. The van der Waals surface area contributed by atoms with E-state index < -0.39 is 0 Å². The van der Waals surface area contributed by atoms with Crippen LogP contribution in [-0.2, 0) is 11.2 Å². The van der Waals surface area contributed by atoms with Gasteiger partial charge in [-0.05, 0) is 23.8 Å². The predicted octanol–water partition coefficient (Wildman–Crippen LogP) is 2.32. The van der Waals surface area contributed by atoms with Gasteiger partial charge in [-0.3, -0.25) is 4.79 Å². The van der Waals surface area contributed by atoms with Crippen LogP contribution in [-0.4, -0.2) is 12.5 Å². The Morgan fingerprint density at radius 3 is 2.62 bits per heavy atom. The normalized spacial score (nSPS) is 9.62. The first-order valence-corrected chi connectivity index (χ1v) is 6.52. The predicted molar refractivity (Wildman–Crippen MR) is 81.1 cm³/mol. The van der Waals surface area contributed by atoms with E-state index in [0.29, 0.717) is 16.8 Å². The van der Waals surface area contributed by atoms with E-state index in [1.165, 1.54) is 6.07 Å². The van der Waals surface area contributed by atoms with Crippen molar-refractivity contribution in [1.82, 2.24) is 0 Å². The molecule has 4 heteroatoms. The molecule has 0 fully saturated rings. The second kappa shape index (κ2) is 7.22. The summed E-state index contributed by atoms with van der Waals surface area (Å²) in [5.74, 6) is 4.96. The summed E-state index contributed by atoms with van der Waals surface area (Å²) in [5, 5.41) is 2.75. The molecule has 3 N–H and O–H groups in total. The molecule has 0 aliphatic carbocycles. The monoisotopic (exact) mass is 282 g/mol. The molecule has 0 bridgehead atoms. The van der Waals surface area contributed by atoms with Crippen molar-refractivity contribution in [1.29, 1.82) is 0 Å². The smallest absolute Gasteiger partial charge is 0.228 e. The average Bonchev–Trinajstić information content (AvgIpc) is 2.49. The fraction of sp³-hybridized carbons (Fsp3) is 0.118. The molecule has 0 heterocycles. The summed E-state index contributed by atoms with van der Waals surface area (Å²) >= 11 is 0. The summed E-state index contributed by atoms with van der Waals surface area (Å²) in [6.07, 6.45) is -0.0225. The Hall–Kier alpha value is -2.64. The van der Waals surface area contributed by atoms with Gasteiger partial charge in [0.05, 0.1) is 18.7 Å². The molecular weight excluding hydrogens is 267 g/mol. The van der Waals surface area contributed by atoms with E-state index >= 15 is 0 Å². The minimum absolute atomic E-state index is 0.0225. The highest BCUT2D eigenvalue weighted by Gasteiger charge is 2.09. The maximum atomic E-state index is 13.5. The molecule has 0 saturated heterocycles. The van der Waals surface area contributed by atoms with Crippen LogP contribution in [0.2, 0.25) is 0 Å². The number of carbonyl (C=O) groups is 1. The average molecular weight is 282 g/mol. The van der Waals surface area contributed by atoms with Gasteiger partial charge in [0.25, 0.3) is 0 Å². The maximum Gasteiger partial charge on any atom is 0.228 e. The highest BCUT2D eigenvalue weighted by atomic mass is 19.1. The number of para-hydroxylation sites is 1. The summed E-state index contributed by atoms with van der Waals surface area (Å²) in [5.41, 5.74) is 6.99. The van der Waals surface area contributed by atoms with Crippen molar-refractivity contribution in [3.05, 3.63) is 65.5 Å². The lowest BCUT2D eigenvalue weighted by molar-refractivity contribution is -0.115. The van der Waals surface area contributed by atoms with Gasteiger partial charge in [-0.1, -0.05) is 42.2 Å². The molecule has 2 rings (SSSR count). The van der Waals surface area contributed by atoms with Crippen molar-refractivity contribution in [2.24, 2.45) is 5.73 Å². The van der Waals surface area contributed by atoms with E-state index in [-0.39, 0.29) is 24.7 Å². The number of rotatable bonds is 3. The number of benzene rings is 2. The highest BCUT2D eigenvalue weighted by Crippen LogP contribution is 2.15. The molecular formula is C17H15FN2O. The lowest BCUT2D eigenvalue weighted by Gasteiger charge is -2.08. The first-order chi connectivity index (χ1) is 10.2. The van der Waals surface area contributed by atoms with E-state index in [1.807, 2.05) is 6.07 Å². The number of nitrogens with one attached hydrogen (secondary N) is 1. The number of nitrogens with two attached hydrogens (primary N) is 1. The molecule has 0 aromatic heterocycles. The zero-order valence-electron chi connectivity index (χ0n) is 11.4. The fourth-order valence-corrected chi connectivity index (χ4v) is 1.86. The molecule has 0 radical (unpaired) electrons. The second-order valence-electron chi connectivity index (χ2n) is 4.37. The molecule has 106 valence electrons. The Labute approximate surface area is 123 Å². The van der Waals surface area contributed by atoms with Crippen molar-refractivity contribution in [3.63, 3.8) is 0 Å². The van der Waals surface area contributed by atoms with E-state index in [4.69, 9.17) is 5.73 Å². The Kier molecular flexibility index (Phi) is 5.08. The summed E-state index contributed by atoms with van der Waals surface area (Å²) in [6, 6.07) is 13.4. The minimum atomic E-state index is -0.385. The number of hydrogen-bond donors (Lipinski definition) is 2. The lowest BCUT2D eigenvalue weighted by atomic mass is 10.1. The van der Waals surface area contributed by atoms with Crippen molar-refractivity contribution in [3.8, 4) is 11.8 Å². The SMILES string of the molecule is NCC#Cc1ccccc1NC(=O)Cc1ccccc1F. The zero-order chi connectivity index (χ0) is 15.1. The molecule has 3 nitrogen and oxygen atoms in total. The van der Waals surface area contributed by atoms with Gasteiger partial charge in [-0.2, -0.15) is 0 Å². The molecule has 21 heavy (non-hydrogen) atoms. The largest absolute Gasteiger partial charge is 0.325 e. The zero-order valence-corrected chi connectivity index (χ0v) is 11.4. The number of hydrogen-bond acceptors (Lipinski definition) is 2. The van der Waals surface area contributed by atoms with Crippen LogP contribution in [0.15, 0.2) is 48.5 Å². The van der Waals surface area contributed by atoms with Crippen LogP contribution in [0.25, 0.3) is 0 Å². The van der Waals surface area contributed by atoms with E-state index in [2.05, 4.69) is 17.2 Å². The molecule has 0 spiro atoms. The Morgan fingerprint density at radius 2 is 1.86 bits per heavy atom. The summed E-state index contributed by atoms with van der Waals surface area (Å²) in [4.78, 5) is 12.0. The van der Waals surface area contributed by atoms with Crippen molar-refractivity contribution in [2.45, 2.75) is 6.42 Å². The molecule has 0 unspecified atom stereocenters. The third-order valence-corrected chi connectivity index (χ3v) is 2.84. The first-order valence-electron chi connectivity index (χ1n) is 6.52. The van der Waals surface area contributed by atoms with Gasteiger partial charge in [0.2, 0.25) is 5.91 Å². The summed E-state index contributed by atoms with van der Waals surface area (Å²) < 4.78 is 13.5. The van der Waals surface area contributed by atoms with Crippen LogP contribution in [0.3, 0.4) is 0 Å². The number of halogens is 1. The number of anilines is 1. The highest BCUT2D eigenvalue weighted by molar-refractivity contribution is 5.93. The third-order valence-electron chi connectivity index (χ3n) is 2.84. The standard InChI is InChI=1S/C17H15FN2O/c18-15-9-3-1-7-14(15)12-17(21)20-16-10-4-2-6-13(16)8-5-11-19/h1-4,6-7,9-10H,11-12,19H2,(H,20,21). The second-order valence-corrected chi connectivity index (χ2v) is 4.37.